The highest BCUT2D eigenvalue weighted by Gasteiger charge is 2.36. The van der Waals surface area contributed by atoms with Crippen molar-refractivity contribution >= 4 is 46.2 Å². The van der Waals surface area contributed by atoms with Gasteiger partial charge in [-0.15, -0.1) is 11.3 Å². The van der Waals surface area contributed by atoms with Gasteiger partial charge in [-0.1, -0.05) is 25.3 Å². The van der Waals surface area contributed by atoms with Crippen molar-refractivity contribution in [3.05, 3.63) is 27.3 Å². The molecule has 1 N–H and O–H groups in total. The van der Waals surface area contributed by atoms with E-state index in [2.05, 4.69) is 5.32 Å². The van der Waals surface area contributed by atoms with Crippen LogP contribution in [0.4, 0.5) is 4.79 Å². The summed E-state index contributed by atoms with van der Waals surface area (Å²) in [5, 5.41) is 4.47. The van der Waals surface area contributed by atoms with Crippen LogP contribution < -0.4 is 5.32 Å². The Labute approximate surface area is 143 Å². The van der Waals surface area contributed by atoms with Crippen molar-refractivity contribution in [3.8, 4) is 0 Å². The zero-order chi connectivity index (χ0) is 16.2. The second kappa shape index (κ2) is 7.31. The number of hydrogen-bond acceptors (Lipinski definition) is 5. The molecule has 0 atom stereocenters. The van der Waals surface area contributed by atoms with Crippen LogP contribution in [0.3, 0.4) is 0 Å². The Kier molecular flexibility index (Phi) is 5.17. The van der Waals surface area contributed by atoms with Crippen LogP contribution in [-0.4, -0.2) is 34.5 Å². The minimum absolute atomic E-state index is 0.179. The topological polar surface area (TPSA) is 66.5 Å². The van der Waals surface area contributed by atoms with Crippen molar-refractivity contribution in [2.45, 2.75) is 38.1 Å². The van der Waals surface area contributed by atoms with Gasteiger partial charge in [-0.25, -0.2) is 0 Å². The normalized spacial score (nSPS) is 21.2. The third-order valence-corrected chi connectivity index (χ3v) is 5.69. The Hall–Kier alpha value is -1.60. The van der Waals surface area contributed by atoms with Gasteiger partial charge in [-0.2, -0.15) is 0 Å². The van der Waals surface area contributed by atoms with Crippen LogP contribution in [0.2, 0.25) is 0 Å². The molecule has 2 fully saturated rings. The molecule has 2 heterocycles. The van der Waals surface area contributed by atoms with Gasteiger partial charge in [0.2, 0.25) is 5.91 Å². The van der Waals surface area contributed by atoms with Crippen LogP contribution in [0.15, 0.2) is 22.4 Å². The number of hydrogen-bond donors (Lipinski definition) is 1. The molecule has 5 nitrogen and oxygen atoms in total. The molecule has 1 aromatic rings. The number of thiophene rings is 1. The van der Waals surface area contributed by atoms with Gasteiger partial charge in [0.05, 0.1) is 4.91 Å². The average Bonchev–Trinajstić information content (AvgIpc) is 3.13. The largest absolute Gasteiger partial charge is 0.352 e. The SMILES string of the molecule is O=C(CN1C(=O)S/C(=C\c2cccs2)C1=O)NC1CCCCC1. The Morgan fingerprint density at radius 1 is 1.30 bits per heavy atom. The predicted molar refractivity (Wildman–Crippen MR) is 92.0 cm³/mol. The average molecular weight is 350 g/mol. The molecule has 0 bridgehead atoms. The summed E-state index contributed by atoms with van der Waals surface area (Å²) in [6.07, 6.45) is 7.11. The smallest absolute Gasteiger partial charge is 0.294 e. The summed E-state index contributed by atoms with van der Waals surface area (Å²) in [4.78, 5) is 38.7. The minimum Gasteiger partial charge on any atom is -0.352 e. The van der Waals surface area contributed by atoms with Crippen molar-refractivity contribution in [2.75, 3.05) is 6.54 Å². The third kappa shape index (κ3) is 4.03. The Bertz CT molecular complexity index is 634. The second-order valence-corrected chi connectivity index (χ2v) is 7.66. The summed E-state index contributed by atoms with van der Waals surface area (Å²) in [6.45, 7) is -0.192. The van der Waals surface area contributed by atoms with Gasteiger partial charge in [0.15, 0.2) is 0 Å². The van der Waals surface area contributed by atoms with Crippen molar-refractivity contribution in [1.82, 2.24) is 10.2 Å². The lowest BCUT2D eigenvalue weighted by molar-refractivity contribution is -0.129. The number of carbonyl (C=O) groups excluding carboxylic acids is 3. The molecular formula is C16H18N2O3S2. The highest BCUT2D eigenvalue weighted by Crippen LogP contribution is 2.32. The molecule has 1 saturated carbocycles. The molecule has 122 valence electrons. The fourth-order valence-corrected chi connectivity index (χ4v) is 4.36. The number of carbonyl (C=O) groups is 3. The Morgan fingerprint density at radius 3 is 2.78 bits per heavy atom. The van der Waals surface area contributed by atoms with Crippen molar-refractivity contribution in [2.24, 2.45) is 0 Å². The van der Waals surface area contributed by atoms with Crippen LogP contribution in [0.1, 0.15) is 37.0 Å². The quantitative estimate of drug-likeness (QED) is 0.847. The Morgan fingerprint density at radius 2 is 2.09 bits per heavy atom. The van der Waals surface area contributed by atoms with E-state index in [-0.39, 0.29) is 29.6 Å². The molecule has 2 aliphatic rings. The maximum atomic E-state index is 12.3. The molecule has 1 aromatic heterocycles. The van der Waals surface area contributed by atoms with E-state index in [1.807, 2.05) is 17.5 Å². The number of thioether (sulfide) groups is 1. The zero-order valence-corrected chi connectivity index (χ0v) is 14.3. The molecule has 0 radical (unpaired) electrons. The van der Waals surface area contributed by atoms with Crippen LogP contribution in [0.25, 0.3) is 6.08 Å². The van der Waals surface area contributed by atoms with Gasteiger partial charge >= 0.3 is 0 Å². The lowest BCUT2D eigenvalue weighted by Gasteiger charge is -2.23. The highest BCUT2D eigenvalue weighted by atomic mass is 32.2. The summed E-state index contributed by atoms with van der Waals surface area (Å²) in [6, 6.07) is 3.95. The fourth-order valence-electron chi connectivity index (χ4n) is 2.80. The number of rotatable bonds is 4. The molecule has 3 rings (SSSR count). The van der Waals surface area contributed by atoms with Crippen LogP contribution in [0.5, 0.6) is 0 Å². The first kappa shape index (κ1) is 16.3. The summed E-state index contributed by atoms with van der Waals surface area (Å²) >= 11 is 2.39. The first-order valence-electron chi connectivity index (χ1n) is 7.72. The number of imide groups is 1. The van der Waals surface area contributed by atoms with E-state index in [0.717, 1.165) is 47.2 Å². The van der Waals surface area contributed by atoms with Crippen molar-refractivity contribution < 1.29 is 14.4 Å². The maximum absolute atomic E-state index is 12.3. The molecule has 7 heteroatoms. The molecule has 0 unspecified atom stereocenters. The van der Waals surface area contributed by atoms with E-state index in [4.69, 9.17) is 0 Å². The van der Waals surface area contributed by atoms with Gasteiger partial charge in [0, 0.05) is 10.9 Å². The predicted octanol–water partition coefficient (Wildman–Crippen LogP) is 3.23. The number of nitrogens with zero attached hydrogens (tertiary/aromatic N) is 1. The Balaban J connectivity index is 1.60. The van der Waals surface area contributed by atoms with E-state index in [1.54, 1.807) is 6.08 Å². The van der Waals surface area contributed by atoms with E-state index in [1.165, 1.54) is 17.8 Å². The van der Waals surface area contributed by atoms with E-state index < -0.39 is 0 Å². The molecular weight excluding hydrogens is 332 g/mol. The molecule has 0 spiro atoms. The van der Waals surface area contributed by atoms with Crippen molar-refractivity contribution in [3.63, 3.8) is 0 Å². The summed E-state index contributed by atoms with van der Waals surface area (Å²) < 4.78 is 0. The van der Waals surface area contributed by atoms with E-state index in [9.17, 15) is 14.4 Å². The first-order chi connectivity index (χ1) is 11.1. The lowest BCUT2D eigenvalue weighted by Crippen LogP contribution is -2.44. The van der Waals surface area contributed by atoms with Gasteiger partial charge in [0.1, 0.15) is 6.54 Å². The number of nitrogens with one attached hydrogen (secondary N) is 1. The maximum Gasteiger partial charge on any atom is 0.294 e. The summed E-state index contributed by atoms with van der Waals surface area (Å²) in [5.74, 6) is -0.635. The van der Waals surface area contributed by atoms with Crippen LogP contribution in [0, 0.1) is 0 Å². The van der Waals surface area contributed by atoms with Crippen molar-refractivity contribution in [1.29, 1.82) is 0 Å². The van der Waals surface area contributed by atoms with Gasteiger partial charge < -0.3 is 5.32 Å². The molecule has 1 aliphatic carbocycles. The van der Waals surface area contributed by atoms with Gasteiger partial charge in [0.25, 0.3) is 11.1 Å². The first-order valence-corrected chi connectivity index (χ1v) is 9.41. The monoisotopic (exact) mass is 350 g/mol. The van der Waals surface area contributed by atoms with Gasteiger partial charge in [-0.05, 0) is 42.1 Å². The summed E-state index contributed by atoms with van der Waals surface area (Å²) in [7, 11) is 0. The van der Waals surface area contributed by atoms with Crippen LogP contribution in [-0.2, 0) is 9.59 Å². The molecule has 1 aliphatic heterocycles. The standard InChI is InChI=1S/C16H18N2O3S2/c19-14(17-11-5-2-1-3-6-11)10-18-15(20)13(23-16(18)21)9-12-7-4-8-22-12/h4,7-9,11H,1-3,5-6,10H2,(H,17,19)/b13-9-. The molecule has 1 saturated heterocycles. The molecule has 0 aromatic carbocycles. The van der Waals surface area contributed by atoms with E-state index >= 15 is 0 Å². The molecule has 23 heavy (non-hydrogen) atoms. The summed E-state index contributed by atoms with van der Waals surface area (Å²) in [5.41, 5.74) is 0. The highest BCUT2D eigenvalue weighted by molar-refractivity contribution is 8.18. The lowest BCUT2D eigenvalue weighted by atomic mass is 9.95. The fraction of sp³-hybridized carbons (Fsp3) is 0.438. The third-order valence-electron chi connectivity index (χ3n) is 3.96. The zero-order valence-electron chi connectivity index (χ0n) is 12.6. The van der Waals surface area contributed by atoms with Crippen LogP contribution >= 0.6 is 23.1 Å². The second-order valence-electron chi connectivity index (χ2n) is 5.69. The minimum atomic E-state index is -0.382. The molecule has 3 amide bonds. The van der Waals surface area contributed by atoms with E-state index in [0.29, 0.717) is 4.91 Å². The van der Waals surface area contributed by atoms with Gasteiger partial charge in [-0.3, -0.25) is 19.3 Å². The number of amides is 3.